The van der Waals surface area contributed by atoms with Crippen LogP contribution in [0.2, 0.25) is 0 Å². The zero-order valence-corrected chi connectivity index (χ0v) is 17.8. The first-order valence-corrected chi connectivity index (χ1v) is 10.6. The highest BCUT2D eigenvalue weighted by atomic mass is 16.6. The number of hydrogen-bond donors (Lipinski definition) is 2. The molecule has 1 aromatic heterocycles. The standard InChI is InChI=1S/C22H29N5O4/c1-31-13-10-23-19-7-6-18(15-20(19)27(29)30)22(28)25-16-17-8-9-24-21(14-17)26-11-4-2-3-5-12-26/h6-9,14-15,23H,2-5,10-13,16H2,1H3,(H,25,28). The minimum atomic E-state index is -0.498. The number of hydrogen-bond acceptors (Lipinski definition) is 7. The van der Waals surface area contributed by atoms with Crippen molar-refractivity contribution in [2.45, 2.75) is 32.2 Å². The molecule has 0 spiro atoms. The molecule has 0 bridgehead atoms. The zero-order valence-electron chi connectivity index (χ0n) is 17.8. The molecule has 1 aliphatic heterocycles. The lowest BCUT2D eigenvalue weighted by Crippen LogP contribution is -2.26. The number of amides is 1. The quantitative estimate of drug-likeness (QED) is 0.359. The van der Waals surface area contributed by atoms with Crippen molar-refractivity contribution in [3.05, 3.63) is 57.8 Å². The topological polar surface area (TPSA) is 110 Å². The Kier molecular flexibility index (Phi) is 8.17. The SMILES string of the molecule is COCCNc1ccc(C(=O)NCc2ccnc(N3CCCCCC3)c2)cc1[N+](=O)[O-]. The first-order chi connectivity index (χ1) is 15.1. The maximum Gasteiger partial charge on any atom is 0.293 e. The number of aromatic nitrogens is 1. The molecule has 0 unspecified atom stereocenters. The van der Waals surface area contributed by atoms with E-state index in [1.165, 1.54) is 18.9 Å². The first kappa shape index (κ1) is 22.5. The molecule has 0 aliphatic carbocycles. The maximum atomic E-state index is 12.6. The monoisotopic (exact) mass is 427 g/mol. The number of ether oxygens (including phenoxy) is 1. The number of anilines is 2. The first-order valence-electron chi connectivity index (χ1n) is 10.6. The Hall–Kier alpha value is -3.20. The lowest BCUT2D eigenvalue weighted by Gasteiger charge is -2.21. The summed E-state index contributed by atoms with van der Waals surface area (Å²) in [6, 6.07) is 8.28. The van der Waals surface area contributed by atoms with E-state index in [0.717, 1.165) is 37.3 Å². The number of nitrogens with zero attached hydrogens (tertiary/aromatic N) is 3. The largest absolute Gasteiger partial charge is 0.383 e. The summed E-state index contributed by atoms with van der Waals surface area (Å²) in [6.07, 6.45) is 6.58. The summed E-state index contributed by atoms with van der Waals surface area (Å²) in [6.45, 7) is 3.17. The van der Waals surface area contributed by atoms with Gasteiger partial charge in [-0.3, -0.25) is 14.9 Å². The van der Waals surface area contributed by atoms with E-state index in [0.29, 0.717) is 25.4 Å². The summed E-state index contributed by atoms with van der Waals surface area (Å²) in [5.41, 5.74) is 1.40. The van der Waals surface area contributed by atoms with Crippen molar-refractivity contribution in [1.29, 1.82) is 0 Å². The molecule has 9 heteroatoms. The van der Waals surface area contributed by atoms with Gasteiger partial charge in [0.1, 0.15) is 11.5 Å². The maximum absolute atomic E-state index is 12.6. The molecule has 1 aromatic carbocycles. The van der Waals surface area contributed by atoms with Crippen LogP contribution in [0.5, 0.6) is 0 Å². The minimum absolute atomic E-state index is 0.142. The van der Waals surface area contributed by atoms with Crippen molar-refractivity contribution >= 4 is 23.1 Å². The zero-order chi connectivity index (χ0) is 22.1. The lowest BCUT2D eigenvalue weighted by molar-refractivity contribution is -0.384. The van der Waals surface area contributed by atoms with Crippen molar-refractivity contribution in [2.75, 3.05) is 43.6 Å². The van der Waals surface area contributed by atoms with Crippen LogP contribution in [0.25, 0.3) is 0 Å². The second-order valence-corrected chi connectivity index (χ2v) is 7.51. The molecule has 1 amide bonds. The summed E-state index contributed by atoms with van der Waals surface area (Å²) in [4.78, 5) is 30.3. The van der Waals surface area contributed by atoms with Gasteiger partial charge in [0.05, 0.1) is 11.5 Å². The van der Waals surface area contributed by atoms with Crippen molar-refractivity contribution in [3.8, 4) is 0 Å². The van der Waals surface area contributed by atoms with E-state index in [9.17, 15) is 14.9 Å². The highest BCUT2D eigenvalue weighted by Crippen LogP contribution is 2.25. The van der Waals surface area contributed by atoms with E-state index in [2.05, 4.69) is 20.5 Å². The number of methoxy groups -OCH3 is 1. The fourth-order valence-corrected chi connectivity index (χ4v) is 3.59. The van der Waals surface area contributed by atoms with Gasteiger partial charge in [0.15, 0.2) is 0 Å². The predicted octanol–water partition coefficient (Wildman–Crippen LogP) is 3.36. The number of nitro groups is 1. The third-order valence-electron chi connectivity index (χ3n) is 5.27. The molecule has 2 heterocycles. The molecule has 1 aliphatic rings. The number of carbonyl (C=O) groups is 1. The summed E-state index contributed by atoms with van der Waals surface area (Å²) in [7, 11) is 1.56. The second kappa shape index (κ2) is 11.3. The van der Waals surface area contributed by atoms with E-state index in [-0.39, 0.29) is 17.2 Å². The lowest BCUT2D eigenvalue weighted by atomic mass is 10.1. The Balaban J connectivity index is 1.64. The Labute approximate surface area is 182 Å². The van der Waals surface area contributed by atoms with Crippen LogP contribution in [0, 0.1) is 10.1 Å². The van der Waals surface area contributed by atoms with Gasteiger partial charge in [-0.1, -0.05) is 12.8 Å². The van der Waals surface area contributed by atoms with Crippen LogP contribution < -0.4 is 15.5 Å². The molecule has 1 saturated heterocycles. The molecule has 166 valence electrons. The van der Waals surface area contributed by atoms with Crippen LogP contribution in [0.15, 0.2) is 36.5 Å². The van der Waals surface area contributed by atoms with Crippen LogP contribution >= 0.6 is 0 Å². The van der Waals surface area contributed by atoms with Gasteiger partial charge < -0.3 is 20.3 Å². The number of pyridine rings is 1. The number of nitrogens with one attached hydrogen (secondary N) is 2. The molecule has 0 atom stereocenters. The van der Waals surface area contributed by atoms with Gasteiger partial charge in [-0.05, 0) is 42.7 Å². The second-order valence-electron chi connectivity index (χ2n) is 7.51. The highest BCUT2D eigenvalue weighted by molar-refractivity contribution is 5.95. The minimum Gasteiger partial charge on any atom is -0.383 e. The van der Waals surface area contributed by atoms with Gasteiger partial charge >= 0.3 is 0 Å². The Morgan fingerprint density at radius 3 is 2.68 bits per heavy atom. The van der Waals surface area contributed by atoms with E-state index in [1.807, 2.05) is 12.1 Å². The van der Waals surface area contributed by atoms with Crippen LogP contribution in [-0.2, 0) is 11.3 Å². The Bertz CT molecular complexity index is 897. The highest BCUT2D eigenvalue weighted by Gasteiger charge is 2.18. The van der Waals surface area contributed by atoms with Gasteiger partial charge in [-0.15, -0.1) is 0 Å². The third kappa shape index (κ3) is 6.39. The van der Waals surface area contributed by atoms with Crippen molar-refractivity contribution in [2.24, 2.45) is 0 Å². The molecular weight excluding hydrogens is 398 g/mol. The van der Waals surface area contributed by atoms with Gasteiger partial charge in [0, 0.05) is 51.1 Å². The third-order valence-corrected chi connectivity index (χ3v) is 5.27. The summed E-state index contributed by atoms with van der Waals surface area (Å²) in [5, 5.41) is 17.2. The smallest absolute Gasteiger partial charge is 0.293 e. The summed E-state index contributed by atoms with van der Waals surface area (Å²) >= 11 is 0. The van der Waals surface area contributed by atoms with Gasteiger partial charge in [0.2, 0.25) is 0 Å². The number of benzene rings is 1. The van der Waals surface area contributed by atoms with Crippen LogP contribution in [0.3, 0.4) is 0 Å². The molecule has 3 rings (SSSR count). The van der Waals surface area contributed by atoms with Crippen molar-refractivity contribution in [1.82, 2.24) is 10.3 Å². The average Bonchev–Trinajstić information content (AvgIpc) is 3.07. The number of rotatable bonds is 9. The normalized spacial score (nSPS) is 14.0. The number of carbonyl (C=O) groups excluding carboxylic acids is 1. The molecular formula is C22H29N5O4. The Morgan fingerprint density at radius 2 is 1.97 bits per heavy atom. The molecule has 0 saturated carbocycles. The molecule has 2 aromatic rings. The molecule has 0 radical (unpaired) electrons. The van der Waals surface area contributed by atoms with E-state index >= 15 is 0 Å². The van der Waals surface area contributed by atoms with E-state index in [1.54, 1.807) is 25.4 Å². The van der Waals surface area contributed by atoms with Crippen LogP contribution in [0.1, 0.15) is 41.6 Å². The van der Waals surface area contributed by atoms with Crippen LogP contribution in [0.4, 0.5) is 17.2 Å². The molecule has 2 N–H and O–H groups in total. The van der Waals surface area contributed by atoms with Gasteiger partial charge in [0.25, 0.3) is 11.6 Å². The van der Waals surface area contributed by atoms with E-state index < -0.39 is 4.92 Å². The van der Waals surface area contributed by atoms with Crippen LogP contribution in [-0.4, -0.2) is 49.2 Å². The fraction of sp³-hybridized carbons (Fsp3) is 0.455. The van der Waals surface area contributed by atoms with Gasteiger partial charge in [-0.2, -0.15) is 0 Å². The molecule has 31 heavy (non-hydrogen) atoms. The fourth-order valence-electron chi connectivity index (χ4n) is 3.59. The van der Waals surface area contributed by atoms with Crippen molar-refractivity contribution < 1.29 is 14.5 Å². The van der Waals surface area contributed by atoms with Crippen molar-refractivity contribution in [3.63, 3.8) is 0 Å². The molecule has 9 nitrogen and oxygen atoms in total. The number of nitro benzene ring substituents is 1. The Morgan fingerprint density at radius 1 is 1.19 bits per heavy atom. The van der Waals surface area contributed by atoms with E-state index in [4.69, 9.17) is 4.74 Å². The molecule has 1 fully saturated rings. The summed E-state index contributed by atoms with van der Waals surface area (Å²) in [5.74, 6) is 0.565. The van der Waals surface area contributed by atoms with Gasteiger partial charge in [-0.25, -0.2) is 4.98 Å². The average molecular weight is 428 g/mol. The predicted molar refractivity (Wildman–Crippen MR) is 120 cm³/mol. The summed E-state index contributed by atoms with van der Waals surface area (Å²) < 4.78 is 4.95.